The van der Waals surface area contributed by atoms with Crippen LogP contribution in [0.15, 0.2) is 89.9 Å². The van der Waals surface area contributed by atoms with Gasteiger partial charge in [-0.3, -0.25) is 0 Å². The average Bonchev–Trinajstić information content (AvgIpc) is 2.64. The first kappa shape index (κ1) is 15.6. The Morgan fingerprint density at radius 3 is 1.96 bits per heavy atom. The van der Waals surface area contributed by atoms with Crippen LogP contribution in [-0.2, 0) is 0 Å². The Kier molecular flexibility index (Phi) is 5.31. The van der Waals surface area contributed by atoms with Crippen molar-refractivity contribution in [3.8, 4) is 5.75 Å². The first-order valence-electron chi connectivity index (χ1n) is 7.48. The zero-order valence-electron chi connectivity index (χ0n) is 13.0. The van der Waals surface area contributed by atoms with Crippen LogP contribution in [0.4, 0.5) is 0 Å². The van der Waals surface area contributed by atoms with Crippen molar-refractivity contribution in [2.45, 2.75) is 0 Å². The molecule has 0 heterocycles. The second kappa shape index (κ2) is 7.82. The number of ether oxygens (including phenoxy) is 1. The Bertz CT molecular complexity index is 738. The molecule has 0 saturated heterocycles. The molecule has 0 amide bonds. The van der Waals surface area contributed by atoms with Gasteiger partial charge < -0.3 is 0 Å². The summed E-state index contributed by atoms with van der Waals surface area (Å²) in [6.45, 7) is 0. The summed E-state index contributed by atoms with van der Waals surface area (Å²) in [5.74, 6) is 0.916. The van der Waals surface area contributed by atoms with E-state index < -0.39 is 0 Å². The van der Waals surface area contributed by atoms with Gasteiger partial charge in [-0.25, -0.2) is 0 Å². The van der Waals surface area contributed by atoms with Crippen LogP contribution in [-0.4, -0.2) is 22.1 Å². The number of hydrogen-bond acceptors (Lipinski definition) is 1. The van der Waals surface area contributed by atoms with Crippen LogP contribution in [0.5, 0.6) is 5.75 Å². The van der Waals surface area contributed by atoms with Crippen molar-refractivity contribution < 1.29 is 4.74 Å². The van der Waals surface area contributed by atoms with Gasteiger partial charge in [0.15, 0.2) is 0 Å². The van der Waals surface area contributed by atoms with Gasteiger partial charge in [-0.2, -0.15) is 0 Å². The summed E-state index contributed by atoms with van der Waals surface area (Å²) in [6.07, 6.45) is 0. The van der Waals surface area contributed by atoms with E-state index in [4.69, 9.17) is 4.74 Å². The molecule has 0 bridgehead atoms. The molecular weight excluding hydrogens is 347 g/mol. The molecule has 0 aliphatic heterocycles. The monoisotopic (exact) mass is 366 g/mol. The summed E-state index contributed by atoms with van der Waals surface area (Å²) in [7, 11) is 1.71. The average molecular weight is 365 g/mol. The summed E-state index contributed by atoms with van der Waals surface area (Å²) < 4.78 is 6.63. The van der Waals surface area contributed by atoms with E-state index in [0.717, 1.165) is 5.75 Å². The molecule has 23 heavy (non-hydrogen) atoms. The molecule has 0 fully saturated rings. The van der Waals surface area contributed by atoms with Gasteiger partial charge in [-0.15, -0.1) is 0 Å². The fourth-order valence-corrected chi connectivity index (χ4v) is 4.16. The molecule has 2 heteroatoms. The third-order valence-corrected chi connectivity index (χ3v) is 5.37. The van der Waals surface area contributed by atoms with Crippen LogP contribution in [0.3, 0.4) is 0 Å². The third kappa shape index (κ3) is 4.13. The van der Waals surface area contributed by atoms with E-state index in [-0.39, 0.29) is 15.0 Å². The van der Waals surface area contributed by atoms with Gasteiger partial charge in [0, 0.05) is 0 Å². The molecule has 0 spiro atoms. The van der Waals surface area contributed by atoms with Crippen molar-refractivity contribution in [3.05, 3.63) is 101 Å². The molecule has 0 aliphatic carbocycles. The van der Waals surface area contributed by atoms with Crippen LogP contribution in [0.25, 0.3) is 5.57 Å². The molecule has 0 unspecified atom stereocenters. The standard InChI is InChI=1S/C21H18OSe/c1-22-19-13-8-14-20(15-19)23-16-21(17-9-4-2-5-10-17)18-11-6-3-7-12-18/h2-16H,1H3. The van der Waals surface area contributed by atoms with Crippen LogP contribution >= 0.6 is 0 Å². The summed E-state index contributed by atoms with van der Waals surface area (Å²) >= 11 is 0.246. The summed E-state index contributed by atoms with van der Waals surface area (Å²) in [4.78, 5) is 2.35. The molecule has 0 radical (unpaired) electrons. The molecule has 0 atom stereocenters. The summed E-state index contributed by atoms with van der Waals surface area (Å²) in [6, 6.07) is 29.4. The SMILES string of the molecule is COc1cccc([Se]C=C(c2ccccc2)c2ccccc2)c1. The first-order chi connectivity index (χ1) is 11.4. The van der Waals surface area contributed by atoms with Gasteiger partial charge in [0.25, 0.3) is 0 Å². The Balaban J connectivity index is 1.95. The molecule has 0 saturated carbocycles. The molecule has 114 valence electrons. The Labute approximate surface area is 143 Å². The summed E-state index contributed by atoms with van der Waals surface area (Å²) in [5, 5.41) is 0. The van der Waals surface area contributed by atoms with Crippen molar-refractivity contribution in [2.24, 2.45) is 0 Å². The molecule has 3 aromatic carbocycles. The van der Waals surface area contributed by atoms with Gasteiger partial charge in [0.1, 0.15) is 0 Å². The molecule has 0 aromatic heterocycles. The second-order valence-electron chi connectivity index (χ2n) is 5.06. The van der Waals surface area contributed by atoms with Gasteiger partial charge in [-0.1, -0.05) is 0 Å². The van der Waals surface area contributed by atoms with E-state index in [9.17, 15) is 0 Å². The Hall–Kier alpha value is -2.28. The molecule has 3 aromatic rings. The van der Waals surface area contributed by atoms with Crippen LogP contribution in [0.2, 0.25) is 0 Å². The van der Waals surface area contributed by atoms with E-state index in [0.29, 0.717) is 0 Å². The second-order valence-corrected chi connectivity index (χ2v) is 7.04. The van der Waals surface area contributed by atoms with Crippen molar-refractivity contribution in [1.82, 2.24) is 0 Å². The fourth-order valence-electron chi connectivity index (χ4n) is 2.34. The first-order valence-corrected chi connectivity index (χ1v) is 9.33. The molecule has 0 aliphatic rings. The normalized spacial score (nSPS) is 10.1. The summed E-state index contributed by atoms with van der Waals surface area (Å²) in [5.41, 5.74) is 3.79. The van der Waals surface area contributed by atoms with E-state index in [1.807, 2.05) is 6.07 Å². The Morgan fingerprint density at radius 1 is 0.783 bits per heavy atom. The topological polar surface area (TPSA) is 9.23 Å². The molecule has 3 rings (SSSR count). The van der Waals surface area contributed by atoms with E-state index >= 15 is 0 Å². The third-order valence-electron chi connectivity index (χ3n) is 3.52. The van der Waals surface area contributed by atoms with Gasteiger partial charge >= 0.3 is 144 Å². The van der Waals surface area contributed by atoms with Gasteiger partial charge in [0.05, 0.1) is 0 Å². The van der Waals surface area contributed by atoms with Gasteiger partial charge in [-0.05, 0) is 0 Å². The molecular formula is C21H18OSe. The number of methoxy groups -OCH3 is 1. The molecule has 1 nitrogen and oxygen atoms in total. The fraction of sp³-hybridized carbons (Fsp3) is 0.0476. The van der Waals surface area contributed by atoms with Crippen molar-refractivity contribution >= 4 is 25.0 Å². The van der Waals surface area contributed by atoms with Crippen molar-refractivity contribution in [3.63, 3.8) is 0 Å². The molecule has 0 N–H and O–H groups in total. The number of rotatable bonds is 5. The van der Waals surface area contributed by atoms with E-state index in [1.54, 1.807) is 7.11 Å². The Morgan fingerprint density at radius 2 is 1.39 bits per heavy atom. The van der Waals surface area contributed by atoms with Crippen LogP contribution in [0.1, 0.15) is 11.1 Å². The van der Waals surface area contributed by atoms with Crippen molar-refractivity contribution in [2.75, 3.05) is 7.11 Å². The van der Waals surface area contributed by atoms with Crippen molar-refractivity contribution in [1.29, 1.82) is 0 Å². The maximum atomic E-state index is 5.32. The predicted molar refractivity (Wildman–Crippen MR) is 98.3 cm³/mol. The van der Waals surface area contributed by atoms with Crippen LogP contribution in [0, 0.1) is 0 Å². The predicted octanol–water partition coefficient (Wildman–Crippen LogP) is 4.11. The zero-order valence-corrected chi connectivity index (χ0v) is 14.7. The van der Waals surface area contributed by atoms with E-state index in [1.165, 1.54) is 21.2 Å². The number of benzene rings is 3. The quantitative estimate of drug-likeness (QED) is 0.618. The number of hydrogen-bond donors (Lipinski definition) is 0. The zero-order chi connectivity index (χ0) is 15.9. The van der Waals surface area contributed by atoms with Gasteiger partial charge in [0.2, 0.25) is 0 Å². The van der Waals surface area contributed by atoms with Crippen LogP contribution < -0.4 is 9.20 Å². The minimum atomic E-state index is 0.246. The minimum absolute atomic E-state index is 0.246. The maximum absolute atomic E-state index is 5.32. The van der Waals surface area contributed by atoms with E-state index in [2.05, 4.69) is 83.8 Å².